The lowest BCUT2D eigenvalue weighted by molar-refractivity contribution is 0.518. The molecule has 1 atom stereocenters. The van der Waals surface area contributed by atoms with Crippen molar-refractivity contribution in [1.82, 2.24) is 5.32 Å². The Balaban J connectivity index is 2.66. The highest BCUT2D eigenvalue weighted by atomic mass is 14.9. The summed E-state index contributed by atoms with van der Waals surface area (Å²) < 4.78 is 0. The average molecular weight is 233 g/mol. The van der Waals surface area contributed by atoms with Crippen LogP contribution in [0, 0.1) is 0 Å². The third kappa shape index (κ3) is 4.91. The minimum absolute atomic E-state index is 0.525. The predicted octanol–water partition coefficient (Wildman–Crippen LogP) is 4.48. The number of benzene rings is 1. The molecule has 0 amide bonds. The van der Waals surface area contributed by atoms with Crippen LogP contribution >= 0.6 is 0 Å². The zero-order valence-electron chi connectivity index (χ0n) is 11.6. The van der Waals surface area contributed by atoms with Crippen LogP contribution < -0.4 is 5.32 Å². The summed E-state index contributed by atoms with van der Waals surface area (Å²) in [5, 5.41) is 3.62. The smallest absolute Gasteiger partial charge is 0.0317 e. The van der Waals surface area contributed by atoms with Crippen LogP contribution in [-0.4, -0.2) is 6.54 Å². The van der Waals surface area contributed by atoms with Crippen molar-refractivity contribution in [2.75, 3.05) is 6.54 Å². The van der Waals surface area contributed by atoms with E-state index in [0.717, 1.165) is 13.0 Å². The van der Waals surface area contributed by atoms with E-state index in [2.05, 4.69) is 50.4 Å². The van der Waals surface area contributed by atoms with E-state index in [1.165, 1.54) is 36.8 Å². The van der Waals surface area contributed by atoms with Gasteiger partial charge < -0.3 is 5.32 Å². The van der Waals surface area contributed by atoms with Crippen molar-refractivity contribution in [1.29, 1.82) is 0 Å². The first-order chi connectivity index (χ1) is 8.31. The maximum Gasteiger partial charge on any atom is 0.0317 e. The van der Waals surface area contributed by atoms with Gasteiger partial charge in [-0.1, -0.05) is 51.5 Å². The average Bonchev–Trinajstić information content (AvgIpc) is 2.38. The summed E-state index contributed by atoms with van der Waals surface area (Å²) in [5.74, 6) is 0. The predicted molar refractivity (Wildman–Crippen MR) is 76.4 cm³/mol. The summed E-state index contributed by atoms with van der Waals surface area (Å²) in [6.45, 7) is 7.84. The number of unbranched alkanes of at least 4 members (excludes halogenated alkanes) is 1. The molecule has 0 aliphatic carbocycles. The van der Waals surface area contributed by atoms with E-state index in [1.807, 2.05) is 0 Å². The molecule has 1 heteroatoms. The first kappa shape index (κ1) is 14.2. The van der Waals surface area contributed by atoms with Gasteiger partial charge in [0.2, 0.25) is 0 Å². The first-order valence-corrected chi connectivity index (χ1v) is 7.14. The summed E-state index contributed by atoms with van der Waals surface area (Å²) in [6.07, 6.45) is 6.15. The van der Waals surface area contributed by atoms with Gasteiger partial charge in [0.15, 0.2) is 0 Å². The van der Waals surface area contributed by atoms with Crippen LogP contribution in [-0.2, 0) is 6.42 Å². The molecule has 0 saturated carbocycles. The van der Waals surface area contributed by atoms with Crippen molar-refractivity contribution in [3.8, 4) is 0 Å². The normalized spacial score (nSPS) is 12.6. The minimum Gasteiger partial charge on any atom is -0.310 e. The Labute approximate surface area is 107 Å². The molecule has 0 heterocycles. The van der Waals surface area contributed by atoms with E-state index in [-0.39, 0.29) is 0 Å². The molecule has 17 heavy (non-hydrogen) atoms. The van der Waals surface area contributed by atoms with Crippen LogP contribution in [0.1, 0.15) is 63.6 Å². The van der Waals surface area contributed by atoms with Gasteiger partial charge in [0.05, 0.1) is 0 Å². The summed E-state index contributed by atoms with van der Waals surface area (Å²) in [5.41, 5.74) is 2.94. The van der Waals surface area contributed by atoms with Gasteiger partial charge in [0.25, 0.3) is 0 Å². The lowest BCUT2D eigenvalue weighted by atomic mass is 9.99. The zero-order chi connectivity index (χ0) is 12.5. The summed E-state index contributed by atoms with van der Waals surface area (Å²) in [4.78, 5) is 0. The van der Waals surface area contributed by atoms with Crippen molar-refractivity contribution >= 4 is 0 Å². The molecule has 1 N–H and O–H groups in total. The quantitative estimate of drug-likeness (QED) is 0.698. The van der Waals surface area contributed by atoms with Crippen LogP contribution in [0.2, 0.25) is 0 Å². The number of hydrogen-bond acceptors (Lipinski definition) is 1. The monoisotopic (exact) mass is 233 g/mol. The number of hydrogen-bond donors (Lipinski definition) is 1. The van der Waals surface area contributed by atoms with Crippen LogP contribution in [0.4, 0.5) is 0 Å². The fraction of sp³-hybridized carbons (Fsp3) is 0.625. The second-order valence-corrected chi connectivity index (χ2v) is 4.76. The maximum absolute atomic E-state index is 3.62. The second kappa shape index (κ2) is 8.30. The van der Waals surface area contributed by atoms with Crippen molar-refractivity contribution in [3.63, 3.8) is 0 Å². The molecule has 0 aromatic heterocycles. The molecular formula is C16H27N. The molecular weight excluding hydrogens is 206 g/mol. The Morgan fingerprint density at radius 2 is 1.94 bits per heavy atom. The fourth-order valence-electron chi connectivity index (χ4n) is 2.16. The lowest BCUT2D eigenvalue weighted by Gasteiger charge is -2.17. The number of rotatable bonds is 8. The molecule has 1 nitrogen and oxygen atoms in total. The SMILES string of the molecule is CCCCc1cccc(C(CC)NCCC)c1. The lowest BCUT2D eigenvalue weighted by Crippen LogP contribution is -2.21. The Morgan fingerprint density at radius 1 is 1.12 bits per heavy atom. The molecule has 0 spiro atoms. The van der Waals surface area contributed by atoms with Gasteiger partial charge in [-0.3, -0.25) is 0 Å². The molecule has 0 aliphatic heterocycles. The Bertz CT molecular complexity index is 306. The maximum atomic E-state index is 3.62. The van der Waals surface area contributed by atoms with Gasteiger partial charge >= 0.3 is 0 Å². The molecule has 1 aromatic rings. The second-order valence-electron chi connectivity index (χ2n) is 4.76. The van der Waals surface area contributed by atoms with E-state index < -0.39 is 0 Å². The highest BCUT2D eigenvalue weighted by Gasteiger charge is 2.08. The standard InChI is InChI=1S/C16H27N/c1-4-7-9-14-10-8-11-15(13-14)16(6-3)17-12-5-2/h8,10-11,13,16-17H,4-7,9,12H2,1-3H3. The van der Waals surface area contributed by atoms with Crippen molar-refractivity contribution in [3.05, 3.63) is 35.4 Å². The summed E-state index contributed by atoms with van der Waals surface area (Å²) in [6, 6.07) is 9.62. The van der Waals surface area contributed by atoms with Gasteiger partial charge in [0, 0.05) is 6.04 Å². The van der Waals surface area contributed by atoms with Gasteiger partial charge in [-0.2, -0.15) is 0 Å². The summed E-state index contributed by atoms with van der Waals surface area (Å²) >= 11 is 0. The molecule has 1 aromatic carbocycles. The summed E-state index contributed by atoms with van der Waals surface area (Å²) in [7, 11) is 0. The third-order valence-electron chi connectivity index (χ3n) is 3.22. The minimum atomic E-state index is 0.525. The first-order valence-electron chi connectivity index (χ1n) is 7.14. The van der Waals surface area contributed by atoms with Gasteiger partial charge in [-0.25, -0.2) is 0 Å². The topological polar surface area (TPSA) is 12.0 Å². The highest BCUT2D eigenvalue weighted by Crippen LogP contribution is 2.18. The Kier molecular flexibility index (Phi) is 6.95. The van der Waals surface area contributed by atoms with Gasteiger partial charge in [0.1, 0.15) is 0 Å². The van der Waals surface area contributed by atoms with Crippen LogP contribution in [0.5, 0.6) is 0 Å². The van der Waals surface area contributed by atoms with E-state index in [0.29, 0.717) is 6.04 Å². The largest absolute Gasteiger partial charge is 0.310 e. The van der Waals surface area contributed by atoms with Crippen LogP contribution in [0.3, 0.4) is 0 Å². The van der Waals surface area contributed by atoms with Crippen molar-refractivity contribution < 1.29 is 0 Å². The zero-order valence-corrected chi connectivity index (χ0v) is 11.6. The van der Waals surface area contributed by atoms with E-state index in [1.54, 1.807) is 0 Å². The molecule has 0 saturated heterocycles. The van der Waals surface area contributed by atoms with Gasteiger partial charge in [-0.05, 0) is 43.4 Å². The van der Waals surface area contributed by atoms with E-state index in [4.69, 9.17) is 0 Å². The molecule has 1 unspecified atom stereocenters. The van der Waals surface area contributed by atoms with E-state index in [9.17, 15) is 0 Å². The Hall–Kier alpha value is -0.820. The number of aryl methyl sites for hydroxylation is 1. The highest BCUT2D eigenvalue weighted by molar-refractivity contribution is 5.26. The molecule has 0 aliphatic rings. The van der Waals surface area contributed by atoms with E-state index >= 15 is 0 Å². The molecule has 0 radical (unpaired) electrons. The van der Waals surface area contributed by atoms with Crippen LogP contribution in [0.25, 0.3) is 0 Å². The fourth-order valence-corrected chi connectivity index (χ4v) is 2.16. The molecule has 96 valence electrons. The van der Waals surface area contributed by atoms with Gasteiger partial charge in [-0.15, -0.1) is 0 Å². The third-order valence-corrected chi connectivity index (χ3v) is 3.22. The van der Waals surface area contributed by atoms with Crippen LogP contribution in [0.15, 0.2) is 24.3 Å². The molecule has 0 bridgehead atoms. The Morgan fingerprint density at radius 3 is 2.59 bits per heavy atom. The van der Waals surface area contributed by atoms with Crippen molar-refractivity contribution in [2.24, 2.45) is 0 Å². The molecule has 1 rings (SSSR count). The van der Waals surface area contributed by atoms with Crippen molar-refractivity contribution in [2.45, 2.75) is 58.9 Å². The molecule has 0 fully saturated rings. The number of nitrogens with one attached hydrogen (secondary N) is 1.